The normalized spacial score (nSPS) is 9.84. The van der Waals surface area contributed by atoms with Crippen LogP contribution in [0.15, 0.2) is 42.5 Å². The molecule has 5 heteroatoms. The van der Waals surface area contributed by atoms with E-state index in [2.05, 4.69) is 10.9 Å². The van der Waals surface area contributed by atoms with Gasteiger partial charge in [0.25, 0.3) is 0 Å². The third-order valence-electron chi connectivity index (χ3n) is 2.59. The first-order valence-corrected chi connectivity index (χ1v) is 6.10. The lowest BCUT2D eigenvalue weighted by Gasteiger charge is -2.14. The fraction of sp³-hybridized carbons (Fsp3) is 0.143. The van der Waals surface area contributed by atoms with E-state index in [9.17, 15) is 0 Å². The standard InChI is InChI=1S/C14H15ClN2O2/c1-18-12-7-8-13(14(9-12)19-2)17-16-11-5-3-10(15)4-6-11/h3-9,16-17H,1-2H3. The molecule has 0 aliphatic rings. The molecule has 0 bridgehead atoms. The number of ether oxygens (including phenoxy) is 2. The molecule has 0 saturated carbocycles. The summed E-state index contributed by atoms with van der Waals surface area (Å²) >= 11 is 5.83. The van der Waals surface area contributed by atoms with Crippen molar-refractivity contribution in [2.45, 2.75) is 0 Å². The summed E-state index contributed by atoms with van der Waals surface area (Å²) in [4.78, 5) is 0. The molecule has 0 saturated heterocycles. The fourth-order valence-electron chi connectivity index (χ4n) is 1.57. The minimum atomic E-state index is 0.695. The zero-order valence-corrected chi connectivity index (χ0v) is 11.5. The number of nitrogens with one attached hydrogen (secondary N) is 2. The molecule has 2 aromatic carbocycles. The molecule has 0 fully saturated rings. The molecule has 0 amide bonds. The number of halogens is 1. The van der Waals surface area contributed by atoms with E-state index >= 15 is 0 Å². The van der Waals surface area contributed by atoms with E-state index in [1.807, 2.05) is 42.5 Å². The molecule has 2 N–H and O–H groups in total. The molecule has 0 aliphatic heterocycles. The Morgan fingerprint density at radius 1 is 0.895 bits per heavy atom. The lowest BCUT2D eigenvalue weighted by atomic mass is 10.3. The lowest BCUT2D eigenvalue weighted by molar-refractivity contribution is 0.395. The van der Waals surface area contributed by atoms with Gasteiger partial charge in [0.2, 0.25) is 0 Å². The molecular weight excluding hydrogens is 264 g/mol. The van der Waals surface area contributed by atoms with Crippen LogP contribution >= 0.6 is 11.6 Å². The maximum absolute atomic E-state index is 5.83. The highest BCUT2D eigenvalue weighted by Crippen LogP contribution is 2.29. The monoisotopic (exact) mass is 278 g/mol. The van der Waals surface area contributed by atoms with Crippen molar-refractivity contribution in [1.82, 2.24) is 0 Å². The maximum Gasteiger partial charge on any atom is 0.147 e. The molecule has 4 nitrogen and oxygen atoms in total. The van der Waals surface area contributed by atoms with Crippen LogP contribution in [0.4, 0.5) is 11.4 Å². The Kier molecular flexibility index (Phi) is 4.36. The van der Waals surface area contributed by atoms with Crippen LogP contribution in [0.2, 0.25) is 5.02 Å². The summed E-state index contributed by atoms with van der Waals surface area (Å²) in [6, 6.07) is 12.9. The van der Waals surface area contributed by atoms with Gasteiger partial charge in [0, 0.05) is 11.1 Å². The molecule has 0 radical (unpaired) electrons. The summed E-state index contributed by atoms with van der Waals surface area (Å²) in [6.07, 6.45) is 0. The minimum Gasteiger partial charge on any atom is -0.497 e. The van der Waals surface area contributed by atoms with Crippen molar-refractivity contribution in [2.75, 3.05) is 25.1 Å². The van der Waals surface area contributed by atoms with Crippen molar-refractivity contribution in [3.8, 4) is 11.5 Å². The summed E-state index contributed by atoms with van der Waals surface area (Å²) in [7, 11) is 3.23. The zero-order chi connectivity index (χ0) is 13.7. The van der Waals surface area contributed by atoms with E-state index in [0.29, 0.717) is 10.8 Å². The van der Waals surface area contributed by atoms with Crippen molar-refractivity contribution in [1.29, 1.82) is 0 Å². The summed E-state index contributed by atoms with van der Waals surface area (Å²) in [5.74, 6) is 1.44. The van der Waals surface area contributed by atoms with Crippen molar-refractivity contribution in [3.05, 3.63) is 47.5 Å². The first-order chi connectivity index (χ1) is 9.22. The van der Waals surface area contributed by atoms with E-state index in [4.69, 9.17) is 21.1 Å². The van der Waals surface area contributed by atoms with Crippen LogP contribution in [0.5, 0.6) is 11.5 Å². The van der Waals surface area contributed by atoms with Crippen LogP contribution in [-0.2, 0) is 0 Å². The topological polar surface area (TPSA) is 42.5 Å². The first kappa shape index (κ1) is 13.4. The van der Waals surface area contributed by atoms with E-state index in [1.54, 1.807) is 14.2 Å². The number of anilines is 2. The predicted molar refractivity (Wildman–Crippen MR) is 78.2 cm³/mol. The van der Waals surface area contributed by atoms with Crippen LogP contribution in [0.1, 0.15) is 0 Å². The average molecular weight is 279 g/mol. The van der Waals surface area contributed by atoms with Crippen LogP contribution in [-0.4, -0.2) is 14.2 Å². The first-order valence-electron chi connectivity index (χ1n) is 5.72. The highest BCUT2D eigenvalue weighted by atomic mass is 35.5. The van der Waals surface area contributed by atoms with Gasteiger partial charge in [-0.15, -0.1) is 0 Å². The zero-order valence-electron chi connectivity index (χ0n) is 10.7. The second kappa shape index (κ2) is 6.20. The van der Waals surface area contributed by atoms with Gasteiger partial charge in [-0.05, 0) is 36.4 Å². The molecule has 2 aromatic rings. The number of hydrogen-bond acceptors (Lipinski definition) is 4. The molecule has 0 aliphatic carbocycles. The Morgan fingerprint density at radius 2 is 1.63 bits per heavy atom. The average Bonchev–Trinajstić information content (AvgIpc) is 2.46. The quantitative estimate of drug-likeness (QED) is 0.817. The van der Waals surface area contributed by atoms with Crippen molar-refractivity contribution >= 4 is 23.0 Å². The van der Waals surface area contributed by atoms with Gasteiger partial charge in [0.05, 0.1) is 25.6 Å². The Hall–Kier alpha value is -2.07. The second-order valence-corrected chi connectivity index (χ2v) is 4.26. The van der Waals surface area contributed by atoms with E-state index in [-0.39, 0.29) is 0 Å². The summed E-state index contributed by atoms with van der Waals surface area (Å²) < 4.78 is 10.4. The number of rotatable bonds is 5. The molecule has 0 atom stereocenters. The van der Waals surface area contributed by atoms with Gasteiger partial charge in [-0.1, -0.05) is 11.6 Å². The highest BCUT2D eigenvalue weighted by molar-refractivity contribution is 6.30. The van der Waals surface area contributed by atoms with E-state index in [1.165, 1.54) is 0 Å². The number of hydrogen-bond donors (Lipinski definition) is 2. The third kappa shape index (κ3) is 3.45. The number of benzene rings is 2. The Balaban J connectivity index is 2.08. The van der Waals surface area contributed by atoms with Crippen LogP contribution in [0, 0.1) is 0 Å². The largest absolute Gasteiger partial charge is 0.497 e. The summed E-state index contributed by atoms with van der Waals surface area (Å²) in [6.45, 7) is 0. The fourth-order valence-corrected chi connectivity index (χ4v) is 1.70. The molecule has 0 unspecified atom stereocenters. The smallest absolute Gasteiger partial charge is 0.147 e. The molecular formula is C14H15ClN2O2. The highest BCUT2D eigenvalue weighted by Gasteiger charge is 2.04. The minimum absolute atomic E-state index is 0.695. The van der Waals surface area contributed by atoms with Crippen molar-refractivity contribution < 1.29 is 9.47 Å². The van der Waals surface area contributed by atoms with Gasteiger partial charge >= 0.3 is 0 Å². The summed E-state index contributed by atoms with van der Waals surface area (Å²) in [5, 5.41) is 0.701. The van der Waals surface area contributed by atoms with Gasteiger partial charge in [0.15, 0.2) is 0 Å². The SMILES string of the molecule is COc1ccc(NNc2ccc(Cl)cc2)c(OC)c1. The molecule has 0 heterocycles. The van der Waals surface area contributed by atoms with E-state index in [0.717, 1.165) is 17.1 Å². The van der Waals surface area contributed by atoms with Gasteiger partial charge < -0.3 is 14.9 Å². The van der Waals surface area contributed by atoms with E-state index < -0.39 is 0 Å². The Labute approximate surface area is 117 Å². The molecule has 0 spiro atoms. The predicted octanol–water partition coefficient (Wildman–Crippen LogP) is 3.80. The molecule has 19 heavy (non-hydrogen) atoms. The Bertz CT molecular complexity index is 544. The van der Waals surface area contributed by atoms with Crippen molar-refractivity contribution in [2.24, 2.45) is 0 Å². The number of methoxy groups -OCH3 is 2. The third-order valence-corrected chi connectivity index (χ3v) is 2.85. The Morgan fingerprint density at radius 3 is 2.26 bits per heavy atom. The molecule has 0 aromatic heterocycles. The number of hydrazine groups is 1. The van der Waals surface area contributed by atoms with Gasteiger partial charge in [-0.2, -0.15) is 0 Å². The maximum atomic E-state index is 5.83. The van der Waals surface area contributed by atoms with Crippen molar-refractivity contribution in [3.63, 3.8) is 0 Å². The van der Waals surface area contributed by atoms with Gasteiger partial charge in [-0.3, -0.25) is 5.43 Å². The lowest BCUT2D eigenvalue weighted by Crippen LogP contribution is -2.09. The molecule has 2 rings (SSSR count). The van der Waals surface area contributed by atoms with Crippen LogP contribution in [0.3, 0.4) is 0 Å². The second-order valence-electron chi connectivity index (χ2n) is 3.82. The van der Waals surface area contributed by atoms with Gasteiger partial charge in [0.1, 0.15) is 11.5 Å². The van der Waals surface area contributed by atoms with Crippen LogP contribution in [0.25, 0.3) is 0 Å². The van der Waals surface area contributed by atoms with Crippen LogP contribution < -0.4 is 20.3 Å². The summed E-state index contributed by atoms with van der Waals surface area (Å²) in [5.41, 5.74) is 7.87. The molecule has 100 valence electrons. The van der Waals surface area contributed by atoms with Gasteiger partial charge in [-0.25, -0.2) is 0 Å².